The summed E-state index contributed by atoms with van der Waals surface area (Å²) in [5.41, 5.74) is 0.352. The van der Waals surface area contributed by atoms with E-state index in [1.807, 2.05) is 0 Å². The maximum Gasteiger partial charge on any atom is 0.294 e. The molecule has 1 aromatic carbocycles. The Kier molecular flexibility index (Phi) is 2.81. The van der Waals surface area contributed by atoms with Crippen LogP contribution in [0.15, 0.2) is 17.0 Å². The highest BCUT2D eigenvalue weighted by Crippen LogP contribution is 2.26. The van der Waals surface area contributed by atoms with Crippen molar-refractivity contribution in [1.29, 1.82) is 5.26 Å². The largest absolute Gasteiger partial charge is 0.294 e. The summed E-state index contributed by atoms with van der Waals surface area (Å²) < 4.78 is 30.4. The van der Waals surface area contributed by atoms with E-state index in [4.69, 9.17) is 21.4 Å². The van der Waals surface area contributed by atoms with Crippen LogP contribution in [0, 0.1) is 18.3 Å². The topological polar surface area (TPSA) is 78.2 Å². The van der Waals surface area contributed by atoms with Crippen LogP contribution in [0.4, 0.5) is 0 Å². The van der Waals surface area contributed by atoms with Gasteiger partial charge in [-0.25, -0.2) is 0 Å². The smallest absolute Gasteiger partial charge is 0.282 e. The van der Waals surface area contributed by atoms with Crippen LogP contribution in [0.1, 0.15) is 11.1 Å². The van der Waals surface area contributed by atoms with E-state index < -0.39 is 10.1 Å². The quantitative estimate of drug-likeness (QED) is 0.747. The molecule has 14 heavy (non-hydrogen) atoms. The van der Waals surface area contributed by atoms with Gasteiger partial charge in [0.2, 0.25) is 0 Å². The van der Waals surface area contributed by atoms with Gasteiger partial charge in [-0.3, -0.25) is 4.55 Å². The lowest BCUT2D eigenvalue weighted by Gasteiger charge is -2.04. The molecule has 0 saturated heterocycles. The van der Waals surface area contributed by atoms with E-state index in [0.717, 1.165) is 6.07 Å². The van der Waals surface area contributed by atoms with Gasteiger partial charge in [-0.05, 0) is 24.6 Å². The van der Waals surface area contributed by atoms with Crippen molar-refractivity contribution >= 4 is 21.7 Å². The number of hydrogen-bond acceptors (Lipinski definition) is 3. The van der Waals surface area contributed by atoms with Crippen LogP contribution in [0.5, 0.6) is 0 Å². The second kappa shape index (κ2) is 3.58. The molecule has 0 heterocycles. The van der Waals surface area contributed by atoms with Gasteiger partial charge in [-0.15, -0.1) is 0 Å². The van der Waals surface area contributed by atoms with Crippen molar-refractivity contribution in [3.05, 3.63) is 28.3 Å². The number of hydrogen-bond donors (Lipinski definition) is 1. The Balaban J connectivity index is 3.57. The fourth-order valence-corrected chi connectivity index (χ4v) is 2.03. The molecular formula is C8H6ClNO3S. The molecule has 74 valence electrons. The molecule has 0 radical (unpaired) electrons. The van der Waals surface area contributed by atoms with E-state index in [0.29, 0.717) is 0 Å². The first-order valence-electron chi connectivity index (χ1n) is 3.54. The molecule has 1 aromatic rings. The van der Waals surface area contributed by atoms with Crippen molar-refractivity contribution in [1.82, 2.24) is 0 Å². The van der Waals surface area contributed by atoms with E-state index in [1.54, 1.807) is 6.07 Å². The second-order valence-electron chi connectivity index (χ2n) is 2.64. The summed E-state index contributed by atoms with van der Waals surface area (Å²) in [5.74, 6) is 0. The van der Waals surface area contributed by atoms with Crippen molar-refractivity contribution in [3.8, 4) is 6.07 Å². The Hall–Kier alpha value is -1.09. The van der Waals surface area contributed by atoms with Crippen molar-refractivity contribution in [3.63, 3.8) is 0 Å². The van der Waals surface area contributed by atoms with Crippen LogP contribution >= 0.6 is 11.6 Å². The minimum Gasteiger partial charge on any atom is -0.282 e. The molecule has 1 N–H and O–H groups in total. The summed E-state index contributed by atoms with van der Waals surface area (Å²) in [6.45, 7) is 1.42. The average molecular weight is 232 g/mol. The zero-order valence-corrected chi connectivity index (χ0v) is 8.72. The van der Waals surface area contributed by atoms with Crippen LogP contribution in [0.3, 0.4) is 0 Å². The molecule has 0 spiro atoms. The van der Waals surface area contributed by atoms with E-state index in [2.05, 4.69) is 0 Å². The predicted octanol–water partition coefficient (Wildman–Crippen LogP) is 1.77. The maximum absolute atomic E-state index is 10.8. The van der Waals surface area contributed by atoms with Crippen LogP contribution < -0.4 is 0 Å². The van der Waals surface area contributed by atoms with Gasteiger partial charge in [0.1, 0.15) is 6.07 Å². The third-order valence-corrected chi connectivity index (χ3v) is 3.22. The van der Waals surface area contributed by atoms with Gasteiger partial charge < -0.3 is 0 Å². The van der Waals surface area contributed by atoms with E-state index in [1.165, 1.54) is 13.0 Å². The molecule has 0 unspecified atom stereocenters. The summed E-state index contributed by atoms with van der Waals surface area (Å²) in [7, 11) is -4.27. The molecule has 0 atom stereocenters. The lowest BCUT2D eigenvalue weighted by Crippen LogP contribution is -2.01. The van der Waals surface area contributed by atoms with Gasteiger partial charge in [-0.2, -0.15) is 13.7 Å². The summed E-state index contributed by atoms with van der Waals surface area (Å²) in [4.78, 5) is -0.276. The Morgan fingerprint density at radius 3 is 2.50 bits per heavy atom. The maximum atomic E-state index is 10.8. The summed E-state index contributed by atoms with van der Waals surface area (Å²) in [6, 6.07) is 4.20. The molecule has 0 fully saturated rings. The van der Waals surface area contributed by atoms with Gasteiger partial charge in [0.15, 0.2) is 0 Å². The molecule has 0 saturated carbocycles. The van der Waals surface area contributed by atoms with Gasteiger partial charge in [-0.1, -0.05) is 11.6 Å². The summed E-state index contributed by atoms with van der Waals surface area (Å²) >= 11 is 5.71. The van der Waals surface area contributed by atoms with Gasteiger partial charge in [0, 0.05) is 0 Å². The SMILES string of the molecule is Cc1c(S(=O)(=O)O)ccc(C#N)c1Cl. The summed E-state index contributed by atoms with van der Waals surface area (Å²) in [5, 5.41) is 8.63. The predicted molar refractivity (Wildman–Crippen MR) is 50.7 cm³/mol. The highest BCUT2D eigenvalue weighted by Gasteiger charge is 2.16. The van der Waals surface area contributed by atoms with Crippen LogP contribution in [-0.2, 0) is 10.1 Å². The zero-order valence-electron chi connectivity index (χ0n) is 7.15. The van der Waals surface area contributed by atoms with Crippen molar-refractivity contribution < 1.29 is 13.0 Å². The molecule has 0 aliphatic rings. The van der Waals surface area contributed by atoms with E-state index >= 15 is 0 Å². The second-order valence-corrected chi connectivity index (χ2v) is 4.41. The van der Waals surface area contributed by atoms with Gasteiger partial charge in [0.05, 0.1) is 15.5 Å². The van der Waals surface area contributed by atoms with Gasteiger partial charge >= 0.3 is 0 Å². The van der Waals surface area contributed by atoms with Crippen LogP contribution in [-0.4, -0.2) is 13.0 Å². The molecule has 6 heteroatoms. The molecule has 0 aliphatic carbocycles. The molecule has 1 rings (SSSR count). The number of rotatable bonds is 1. The average Bonchev–Trinajstić information content (AvgIpc) is 2.07. The number of nitrogens with zero attached hydrogens (tertiary/aromatic N) is 1. The first-order valence-corrected chi connectivity index (χ1v) is 5.36. The lowest BCUT2D eigenvalue weighted by atomic mass is 10.1. The monoisotopic (exact) mass is 231 g/mol. The molecular weight excluding hydrogens is 226 g/mol. The van der Waals surface area contributed by atoms with E-state index in [9.17, 15) is 8.42 Å². The number of halogens is 1. The van der Waals surface area contributed by atoms with E-state index in [-0.39, 0.29) is 21.0 Å². The minimum atomic E-state index is -4.27. The minimum absolute atomic E-state index is 0.0441. The zero-order chi connectivity index (χ0) is 10.9. The van der Waals surface area contributed by atoms with Crippen LogP contribution in [0.25, 0.3) is 0 Å². The summed E-state index contributed by atoms with van der Waals surface area (Å²) in [6.07, 6.45) is 0. The highest BCUT2D eigenvalue weighted by atomic mass is 35.5. The normalized spacial score (nSPS) is 11.0. The third-order valence-electron chi connectivity index (χ3n) is 1.74. The van der Waals surface area contributed by atoms with Gasteiger partial charge in [0.25, 0.3) is 10.1 Å². The lowest BCUT2D eigenvalue weighted by molar-refractivity contribution is 0.482. The molecule has 0 aliphatic heterocycles. The van der Waals surface area contributed by atoms with Crippen molar-refractivity contribution in [2.75, 3.05) is 0 Å². The molecule has 0 aromatic heterocycles. The fraction of sp³-hybridized carbons (Fsp3) is 0.125. The molecule has 0 amide bonds. The fourth-order valence-electron chi connectivity index (χ4n) is 1.03. The Bertz CT molecular complexity index is 516. The highest BCUT2D eigenvalue weighted by molar-refractivity contribution is 7.85. The van der Waals surface area contributed by atoms with Crippen molar-refractivity contribution in [2.45, 2.75) is 11.8 Å². The first kappa shape index (κ1) is 11.0. The van der Waals surface area contributed by atoms with Crippen LogP contribution in [0.2, 0.25) is 5.02 Å². The molecule has 0 bridgehead atoms. The first-order chi connectivity index (χ1) is 6.38. The van der Waals surface area contributed by atoms with Crippen molar-refractivity contribution in [2.24, 2.45) is 0 Å². The third kappa shape index (κ3) is 1.87. The Labute approximate surface area is 86.5 Å². The Morgan fingerprint density at radius 2 is 2.07 bits per heavy atom. The number of benzene rings is 1. The standard InChI is InChI=1S/C8H6ClNO3S/c1-5-7(14(11,12)13)3-2-6(4-10)8(5)9/h2-3H,1H3,(H,11,12,13). The number of nitriles is 1. The molecule has 4 nitrogen and oxygen atoms in total. The Morgan fingerprint density at radius 1 is 1.50 bits per heavy atom.